The third-order valence-electron chi connectivity index (χ3n) is 6.60. The van der Waals surface area contributed by atoms with E-state index in [2.05, 4.69) is 46.1 Å². The minimum atomic E-state index is -2.11. The van der Waals surface area contributed by atoms with Gasteiger partial charge in [0.05, 0.1) is 6.10 Å². The maximum atomic E-state index is 12.7. The molecule has 6 heteroatoms. The fourth-order valence-corrected chi connectivity index (χ4v) is 4.91. The maximum absolute atomic E-state index is 12.7. The molecule has 188 valence electrons. The van der Waals surface area contributed by atoms with Crippen LogP contribution < -0.4 is 5.32 Å². The summed E-state index contributed by atoms with van der Waals surface area (Å²) in [6, 6.07) is -0.879. The lowest BCUT2D eigenvalue weighted by Crippen LogP contribution is -2.53. The minimum absolute atomic E-state index is 0.0109. The molecule has 0 unspecified atom stereocenters. The Bertz CT molecular complexity index is 555. The number of amides is 1. The van der Waals surface area contributed by atoms with E-state index in [0.717, 1.165) is 12.8 Å². The van der Waals surface area contributed by atoms with Crippen LogP contribution in [0.3, 0.4) is 0 Å². The number of hydrogen-bond donors (Lipinski definition) is 2. The Hall–Kier alpha value is -1.14. The maximum Gasteiger partial charge on any atom is 0.405 e. The van der Waals surface area contributed by atoms with Crippen molar-refractivity contribution >= 4 is 20.2 Å². The molecule has 0 aromatic carbocycles. The van der Waals surface area contributed by atoms with Crippen LogP contribution in [0.5, 0.6) is 0 Å². The molecule has 32 heavy (non-hydrogen) atoms. The summed E-state index contributed by atoms with van der Waals surface area (Å²) in [5.74, 6) is -0.235. The summed E-state index contributed by atoms with van der Waals surface area (Å²) >= 11 is 0. The van der Waals surface area contributed by atoms with E-state index in [1.54, 1.807) is 6.92 Å². The van der Waals surface area contributed by atoms with Gasteiger partial charge in [-0.2, -0.15) is 0 Å². The number of ketones is 1. The van der Waals surface area contributed by atoms with Crippen LogP contribution in [0.2, 0.25) is 18.1 Å². The largest absolute Gasteiger partial charge is 0.465 e. The van der Waals surface area contributed by atoms with Gasteiger partial charge < -0.3 is 14.8 Å². The molecular weight excluding hydrogens is 418 g/mol. The van der Waals surface area contributed by atoms with Gasteiger partial charge in [-0.05, 0) is 44.0 Å². The first-order valence-electron chi connectivity index (χ1n) is 12.8. The predicted octanol–water partition coefficient (Wildman–Crippen LogP) is 7.86. The van der Waals surface area contributed by atoms with E-state index in [9.17, 15) is 14.7 Å². The van der Waals surface area contributed by atoms with Gasteiger partial charge in [0.2, 0.25) is 0 Å². The molecule has 0 aromatic rings. The SMILES string of the molecule is CCCCCCCCCCCCCC=CC(=O)[C@@H](NC(=O)O)[C@H](C)O[Si](C)(C)C(C)(C)C. The lowest BCUT2D eigenvalue weighted by molar-refractivity contribution is -0.118. The Morgan fingerprint density at radius 3 is 1.84 bits per heavy atom. The van der Waals surface area contributed by atoms with Crippen LogP contribution in [0.4, 0.5) is 4.79 Å². The molecule has 0 saturated heterocycles. The van der Waals surface area contributed by atoms with Crippen molar-refractivity contribution in [3.8, 4) is 0 Å². The Balaban J connectivity index is 4.30. The monoisotopic (exact) mass is 469 g/mol. The van der Waals surface area contributed by atoms with E-state index >= 15 is 0 Å². The first-order valence-corrected chi connectivity index (χ1v) is 15.7. The van der Waals surface area contributed by atoms with Crippen molar-refractivity contribution in [3.05, 3.63) is 12.2 Å². The third-order valence-corrected chi connectivity index (χ3v) is 11.2. The Labute approximate surface area is 198 Å². The first-order chi connectivity index (χ1) is 14.9. The van der Waals surface area contributed by atoms with E-state index in [4.69, 9.17) is 4.43 Å². The number of carbonyl (C=O) groups excluding carboxylic acids is 1. The minimum Gasteiger partial charge on any atom is -0.465 e. The van der Waals surface area contributed by atoms with Crippen molar-refractivity contribution in [2.24, 2.45) is 0 Å². The van der Waals surface area contributed by atoms with E-state index in [0.29, 0.717) is 0 Å². The summed E-state index contributed by atoms with van der Waals surface area (Å²) in [6.45, 7) is 14.6. The number of carboxylic acid groups (broad SMARTS) is 1. The van der Waals surface area contributed by atoms with Crippen LogP contribution in [0.25, 0.3) is 0 Å². The van der Waals surface area contributed by atoms with Crippen molar-refractivity contribution in [1.29, 1.82) is 0 Å². The van der Waals surface area contributed by atoms with Crippen molar-refractivity contribution in [2.75, 3.05) is 0 Å². The van der Waals surface area contributed by atoms with Gasteiger partial charge in [0.25, 0.3) is 0 Å². The average Bonchev–Trinajstić information content (AvgIpc) is 2.68. The van der Waals surface area contributed by atoms with Crippen LogP contribution in [-0.2, 0) is 9.22 Å². The van der Waals surface area contributed by atoms with E-state index in [1.165, 1.54) is 70.3 Å². The normalized spacial score (nSPS) is 14.5. The lowest BCUT2D eigenvalue weighted by Gasteiger charge is -2.39. The van der Waals surface area contributed by atoms with Crippen LogP contribution in [0, 0.1) is 0 Å². The Morgan fingerprint density at radius 1 is 0.938 bits per heavy atom. The topological polar surface area (TPSA) is 75.6 Å². The smallest absolute Gasteiger partial charge is 0.405 e. The highest BCUT2D eigenvalue weighted by Gasteiger charge is 2.40. The molecule has 2 N–H and O–H groups in total. The molecule has 0 bridgehead atoms. The molecule has 1 amide bonds. The van der Waals surface area contributed by atoms with Gasteiger partial charge in [0.15, 0.2) is 14.1 Å². The van der Waals surface area contributed by atoms with Crippen molar-refractivity contribution < 1.29 is 19.1 Å². The second kappa shape index (κ2) is 16.5. The van der Waals surface area contributed by atoms with Crippen LogP contribution in [-0.4, -0.2) is 37.4 Å². The van der Waals surface area contributed by atoms with Gasteiger partial charge in [0.1, 0.15) is 6.04 Å². The molecule has 0 aliphatic carbocycles. The van der Waals surface area contributed by atoms with E-state index in [1.807, 2.05) is 6.08 Å². The van der Waals surface area contributed by atoms with Gasteiger partial charge in [-0.3, -0.25) is 4.79 Å². The number of rotatable bonds is 18. The molecule has 2 atom stereocenters. The van der Waals surface area contributed by atoms with Crippen molar-refractivity contribution in [3.63, 3.8) is 0 Å². The molecule has 0 saturated carbocycles. The summed E-state index contributed by atoms with van der Waals surface area (Å²) in [6.07, 6.45) is 16.8. The number of unbranched alkanes of at least 4 members (excludes halogenated alkanes) is 11. The van der Waals surface area contributed by atoms with Gasteiger partial charge in [-0.25, -0.2) is 4.79 Å². The molecule has 0 aromatic heterocycles. The lowest BCUT2D eigenvalue weighted by atomic mass is 10.0. The Morgan fingerprint density at radius 2 is 1.41 bits per heavy atom. The van der Waals surface area contributed by atoms with Crippen LogP contribution in [0.15, 0.2) is 12.2 Å². The molecule has 0 aliphatic heterocycles. The molecule has 0 spiro atoms. The second-order valence-electron chi connectivity index (χ2n) is 10.6. The standard InChI is InChI=1S/C26H51NO4Si/c1-8-9-10-11-12-13-14-15-16-17-18-19-20-21-23(28)24(27-25(29)30)22(2)31-32(6,7)26(3,4)5/h20-22,24,27H,8-19H2,1-7H3,(H,29,30)/t22-,24-/m0/s1. The van der Waals surface area contributed by atoms with Crippen molar-refractivity contribution in [2.45, 2.75) is 142 Å². The first kappa shape index (κ1) is 30.9. The highest BCUT2D eigenvalue weighted by molar-refractivity contribution is 6.74. The number of allylic oxidation sites excluding steroid dienone is 1. The number of carbonyl (C=O) groups is 2. The zero-order valence-corrected chi connectivity index (χ0v) is 23.0. The average molecular weight is 470 g/mol. The summed E-state index contributed by atoms with van der Waals surface area (Å²) < 4.78 is 6.26. The zero-order chi connectivity index (χ0) is 24.6. The summed E-state index contributed by atoms with van der Waals surface area (Å²) in [5.41, 5.74) is 0. The van der Waals surface area contributed by atoms with Crippen LogP contribution in [0.1, 0.15) is 112 Å². The quantitative estimate of drug-likeness (QED) is 0.122. The van der Waals surface area contributed by atoms with E-state index in [-0.39, 0.29) is 10.8 Å². The predicted molar refractivity (Wildman–Crippen MR) is 138 cm³/mol. The number of nitrogens with one attached hydrogen (secondary N) is 1. The molecule has 0 aliphatic rings. The molecule has 0 radical (unpaired) electrons. The van der Waals surface area contributed by atoms with Crippen molar-refractivity contribution in [1.82, 2.24) is 5.32 Å². The highest BCUT2D eigenvalue weighted by Crippen LogP contribution is 2.37. The zero-order valence-electron chi connectivity index (χ0n) is 22.0. The van der Waals surface area contributed by atoms with Crippen LogP contribution >= 0.6 is 0 Å². The molecule has 0 fully saturated rings. The second-order valence-corrected chi connectivity index (χ2v) is 15.4. The molecule has 0 rings (SSSR count). The third kappa shape index (κ3) is 14.1. The molecule has 5 nitrogen and oxygen atoms in total. The van der Waals surface area contributed by atoms with Gasteiger partial charge in [-0.1, -0.05) is 98.0 Å². The fourth-order valence-electron chi connectivity index (χ4n) is 3.49. The van der Waals surface area contributed by atoms with Gasteiger partial charge in [0, 0.05) is 0 Å². The summed E-state index contributed by atoms with van der Waals surface area (Å²) in [5, 5.41) is 11.5. The van der Waals surface area contributed by atoms with E-state index < -0.39 is 26.6 Å². The summed E-state index contributed by atoms with van der Waals surface area (Å²) in [7, 11) is -2.11. The Kier molecular flexibility index (Phi) is 15.9. The highest BCUT2D eigenvalue weighted by atomic mass is 28.4. The summed E-state index contributed by atoms with van der Waals surface area (Å²) in [4.78, 5) is 23.9. The van der Waals surface area contributed by atoms with Gasteiger partial charge >= 0.3 is 6.09 Å². The molecule has 0 heterocycles. The molecular formula is C26H51NO4Si. The van der Waals surface area contributed by atoms with Gasteiger partial charge in [-0.15, -0.1) is 0 Å². The number of hydrogen-bond acceptors (Lipinski definition) is 3. The fraction of sp³-hybridized carbons (Fsp3) is 0.846.